The Morgan fingerprint density at radius 2 is 2.20 bits per heavy atom. The highest BCUT2D eigenvalue weighted by Crippen LogP contribution is 2.77. The zero-order valence-electron chi connectivity index (χ0n) is 13.9. The first-order valence-electron chi connectivity index (χ1n) is 8.91. The van der Waals surface area contributed by atoms with Crippen molar-refractivity contribution in [3.05, 3.63) is 24.3 Å². The molecule has 25 heavy (non-hydrogen) atoms. The molecule has 3 N–H and O–H groups in total. The standard InChI is InChI=1S/C19H22O6/c1-10-7-17-8-18(10,24)6-3-11(17)19-5-2-4-16(9-20,15(23)25-19)13(19)12(17)14(21)22/h2,4,11-13,20,24H,1,3,5-9H2,(H,21,22)/t11-,12-,13-,16-,17+,18+,19-/m1/s1. The second-order valence-corrected chi connectivity index (χ2v) is 8.76. The molecule has 0 aromatic heterocycles. The first-order valence-corrected chi connectivity index (χ1v) is 8.91. The van der Waals surface area contributed by atoms with Crippen molar-refractivity contribution >= 4 is 11.9 Å². The van der Waals surface area contributed by atoms with E-state index >= 15 is 0 Å². The number of hydrogen-bond donors (Lipinski definition) is 3. The highest BCUT2D eigenvalue weighted by atomic mass is 16.6. The van der Waals surface area contributed by atoms with Crippen LogP contribution in [0.5, 0.6) is 0 Å². The molecule has 1 aliphatic heterocycles. The highest BCUT2D eigenvalue weighted by molar-refractivity contribution is 5.87. The van der Waals surface area contributed by atoms with Crippen molar-refractivity contribution in [1.82, 2.24) is 0 Å². The molecule has 4 bridgehead atoms. The smallest absolute Gasteiger partial charge is 0.319 e. The Morgan fingerprint density at radius 3 is 2.88 bits per heavy atom. The van der Waals surface area contributed by atoms with Crippen molar-refractivity contribution in [2.24, 2.45) is 28.6 Å². The number of carboxylic acid groups (broad SMARTS) is 1. The molecule has 5 aliphatic rings. The van der Waals surface area contributed by atoms with E-state index in [1.807, 2.05) is 6.08 Å². The van der Waals surface area contributed by atoms with Crippen molar-refractivity contribution < 1.29 is 29.6 Å². The van der Waals surface area contributed by atoms with Crippen LogP contribution in [-0.4, -0.2) is 45.1 Å². The van der Waals surface area contributed by atoms with Gasteiger partial charge < -0.3 is 20.1 Å². The summed E-state index contributed by atoms with van der Waals surface area (Å²) in [6, 6.07) is 0. The van der Waals surface area contributed by atoms with E-state index in [1.165, 1.54) is 0 Å². The van der Waals surface area contributed by atoms with Gasteiger partial charge in [0.25, 0.3) is 0 Å². The summed E-state index contributed by atoms with van der Waals surface area (Å²) in [6.07, 6.45) is 5.93. The summed E-state index contributed by atoms with van der Waals surface area (Å²) in [6.45, 7) is 3.58. The number of ether oxygens (including phenoxy) is 1. The molecule has 6 heteroatoms. The lowest BCUT2D eigenvalue weighted by atomic mass is 9.62. The third kappa shape index (κ3) is 1.40. The van der Waals surface area contributed by atoms with Gasteiger partial charge in [0.2, 0.25) is 0 Å². The number of carbonyl (C=O) groups excluding carboxylic acids is 1. The molecule has 4 aliphatic carbocycles. The van der Waals surface area contributed by atoms with Crippen LogP contribution >= 0.6 is 0 Å². The summed E-state index contributed by atoms with van der Waals surface area (Å²) in [5, 5.41) is 31.2. The molecule has 134 valence electrons. The Balaban J connectivity index is 1.77. The maximum atomic E-state index is 12.7. The Bertz CT molecular complexity index is 757. The third-order valence-corrected chi connectivity index (χ3v) is 8.03. The lowest BCUT2D eigenvalue weighted by Gasteiger charge is -2.45. The molecule has 1 saturated heterocycles. The number of carbonyl (C=O) groups is 2. The summed E-state index contributed by atoms with van der Waals surface area (Å²) in [7, 11) is 0. The van der Waals surface area contributed by atoms with Crippen molar-refractivity contribution in [2.45, 2.75) is 43.3 Å². The maximum Gasteiger partial charge on any atom is 0.319 e. The predicted octanol–water partition coefficient (Wildman–Crippen LogP) is 1.03. The number of hydrogen-bond acceptors (Lipinski definition) is 5. The van der Waals surface area contributed by atoms with Crippen molar-refractivity contribution in [2.75, 3.05) is 6.61 Å². The highest BCUT2D eigenvalue weighted by Gasteiger charge is 2.83. The fraction of sp³-hybridized carbons (Fsp3) is 0.684. The lowest BCUT2D eigenvalue weighted by Crippen LogP contribution is -2.47. The van der Waals surface area contributed by atoms with E-state index in [0.717, 1.165) is 0 Å². The molecule has 0 radical (unpaired) electrons. The van der Waals surface area contributed by atoms with Gasteiger partial charge in [-0.2, -0.15) is 0 Å². The number of aliphatic hydroxyl groups excluding tert-OH is 1. The molecule has 6 nitrogen and oxygen atoms in total. The topological polar surface area (TPSA) is 104 Å². The van der Waals surface area contributed by atoms with Gasteiger partial charge in [0.1, 0.15) is 11.0 Å². The zero-order valence-corrected chi connectivity index (χ0v) is 13.9. The van der Waals surface area contributed by atoms with Crippen LogP contribution in [0.1, 0.15) is 32.1 Å². The molecule has 4 fully saturated rings. The van der Waals surface area contributed by atoms with Crippen LogP contribution < -0.4 is 0 Å². The number of fused-ring (bicyclic) bond motifs is 1. The minimum atomic E-state index is -1.28. The van der Waals surface area contributed by atoms with E-state index in [4.69, 9.17) is 4.74 Å². The van der Waals surface area contributed by atoms with Gasteiger partial charge >= 0.3 is 11.9 Å². The molecular formula is C19H22O6. The average molecular weight is 346 g/mol. The van der Waals surface area contributed by atoms with Gasteiger partial charge in [0, 0.05) is 18.3 Å². The summed E-state index contributed by atoms with van der Waals surface area (Å²) in [5.41, 5.74) is -3.14. The maximum absolute atomic E-state index is 12.7. The molecule has 5 rings (SSSR count). The van der Waals surface area contributed by atoms with Gasteiger partial charge in [0.15, 0.2) is 0 Å². The Labute approximate surface area is 145 Å². The van der Waals surface area contributed by atoms with Crippen molar-refractivity contribution in [3.8, 4) is 0 Å². The number of rotatable bonds is 2. The summed E-state index contributed by atoms with van der Waals surface area (Å²) in [5.74, 6) is -3.05. The van der Waals surface area contributed by atoms with E-state index in [0.29, 0.717) is 37.7 Å². The lowest BCUT2D eigenvalue weighted by molar-refractivity contribution is -0.163. The number of esters is 1. The fourth-order valence-electron chi connectivity index (χ4n) is 7.28. The molecule has 0 aromatic rings. The monoisotopic (exact) mass is 346 g/mol. The summed E-state index contributed by atoms with van der Waals surface area (Å²) >= 11 is 0. The van der Waals surface area contributed by atoms with E-state index < -0.39 is 52.4 Å². The molecule has 0 amide bonds. The van der Waals surface area contributed by atoms with Gasteiger partial charge in [-0.1, -0.05) is 18.7 Å². The van der Waals surface area contributed by atoms with E-state index in [9.17, 15) is 24.9 Å². The van der Waals surface area contributed by atoms with Crippen LogP contribution in [0.25, 0.3) is 0 Å². The van der Waals surface area contributed by atoms with Crippen LogP contribution in [0.15, 0.2) is 24.3 Å². The molecular weight excluding hydrogens is 324 g/mol. The molecule has 3 saturated carbocycles. The minimum Gasteiger partial charge on any atom is -0.481 e. The Morgan fingerprint density at radius 1 is 1.44 bits per heavy atom. The molecule has 0 unspecified atom stereocenters. The van der Waals surface area contributed by atoms with Gasteiger partial charge in [-0.25, -0.2) is 0 Å². The first-order chi connectivity index (χ1) is 11.8. The van der Waals surface area contributed by atoms with Crippen LogP contribution in [-0.2, 0) is 14.3 Å². The zero-order chi connectivity index (χ0) is 17.8. The fourth-order valence-corrected chi connectivity index (χ4v) is 7.28. The number of carboxylic acids is 1. The Kier molecular flexibility index (Phi) is 2.60. The van der Waals surface area contributed by atoms with Gasteiger partial charge in [-0.05, 0) is 36.7 Å². The summed E-state index contributed by atoms with van der Waals surface area (Å²) < 4.78 is 5.92. The third-order valence-electron chi connectivity index (χ3n) is 8.03. The first kappa shape index (κ1) is 15.6. The van der Waals surface area contributed by atoms with E-state index in [1.54, 1.807) is 6.08 Å². The van der Waals surface area contributed by atoms with Crippen molar-refractivity contribution in [3.63, 3.8) is 0 Å². The summed E-state index contributed by atoms with van der Waals surface area (Å²) in [4.78, 5) is 25.1. The van der Waals surface area contributed by atoms with Crippen LogP contribution in [0.3, 0.4) is 0 Å². The SMILES string of the molecule is C=C1C[C@]23C[C@@]1(O)CC[C@H]2[C@@]12CC=C[C@](CO)(C(=O)O1)[C@H]2[C@@H]3C(=O)O. The van der Waals surface area contributed by atoms with Crippen LogP contribution in [0.4, 0.5) is 0 Å². The largest absolute Gasteiger partial charge is 0.481 e. The quantitative estimate of drug-likeness (QED) is 0.510. The van der Waals surface area contributed by atoms with Crippen LogP contribution in [0.2, 0.25) is 0 Å². The normalized spacial score (nSPS) is 55.0. The second-order valence-electron chi connectivity index (χ2n) is 8.76. The molecule has 1 spiro atoms. The molecule has 7 atom stereocenters. The van der Waals surface area contributed by atoms with Gasteiger partial charge in [-0.3, -0.25) is 9.59 Å². The van der Waals surface area contributed by atoms with E-state index in [2.05, 4.69) is 6.58 Å². The molecule has 0 aromatic carbocycles. The number of aliphatic hydroxyl groups is 2. The van der Waals surface area contributed by atoms with Crippen LogP contribution in [0, 0.1) is 28.6 Å². The minimum absolute atomic E-state index is 0.132. The average Bonchev–Trinajstić information content (AvgIpc) is 2.95. The predicted molar refractivity (Wildman–Crippen MR) is 85.2 cm³/mol. The van der Waals surface area contributed by atoms with E-state index in [-0.39, 0.29) is 5.92 Å². The molecule has 1 heterocycles. The second kappa shape index (κ2) is 4.18. The van der Waals surface area contributed by atoms with Crippen molar-refractivity contribution in [1.29, 1.82) is 0 Å². The van der Waals surface area contributed by atoms with Gasteiger partial charge in [-0.15, -0.1) is 0 Å². The number of aliphatic carboxylic acids is 1. The Hall–Kier alpha value is -1.66. The van der Waals surface area contributed by atoms with Gasteiger partial charge in [0.05, 0.1) is 18.1 Å².